The summed E-state index contributed by atoms with van der Waals surface area (Å²) in [4.78, 5) is 20.3. The van der Waals surface area contributed by atoms with Crippen molar-refractivity contribution in [3.8, 4) is 0 Å². The van der Waals surface area contributed by atoms with Crippen molar-refractivity contribution in [3.63, 3.8) is 0 Å². The van der Waals surface area contributed by atoms with Gasteiger partial charge in [-0.15, -0.1) is 0 Å². The molecule has 5 nitrogen and oxygen atoms in total. The molecule has 0 bridgehead atoms. The van der Waals surface area contributed by atoms with Gasteiger partial charge in [-0.3, -0.25) is 0 Å². The minimum Gasteiger partial charge on any atom is -0.477 e. The number of hydrogen-bond donors (Lipinski definition) is 1. The summed E-state index contributed by atoms with van der Waals surface area (Å²) < 4.78 is 0. The molecule has 0 saturated carbocycles. The summed E-state index contributed by atoms with van der Waals surface area (Å²) in [7, 11) is 0. The van der Waals surface area contributed by atoms with Gasteiger partial charge in [0.05, 0.1) is 0 Å². The Morgan fingerprint density at radius 1 is 1.13 bits per heavy atom. The number of aromatic nitrogens is 1. The summed E-state index contributed by atoms with van der Waals surface area (Å²) in [6.45, 7) is 5.63. The van der Waals surface area contributed by atoms with E-state index in [2.05, 4.69) is 14.8 Å². The average Bonchev–Trinajstić information content (AvgIpc) is 2.84. The third-order valence-corrected chi connectivity index (χ3v) is 5.01. The van der Waals surface area contributed by atoms with Crippen LogP contribution in [0.3, 0.4) is 0 Å². The Bertz CT molecular complexity index is 527. The number of rotatable bonds is 4. The van der Waals surface area contributed by atoms with Crippen molar-refractivity contribution in [2.75, 3.05) is 37.6 Å². The van der Waals surface area contributed by atoms with Crippen molar-refractivity contribution in [1.82, 2.24) is 9.88 Å². The van der Waals surface area contributed by atoms with Crippen molar-refractivity contribution in [1.29, 1.82) is 0 Å². The highest BCUT2D eigenvalue weighted by molar-refractivity contribution is 5.85. The molecule has 0 amide bonds. The van der Waals surface area contributed by atoms with E-state index >= 15 is 0 Å². The number of anilines is 1. The summed E-state index contributed by atoms with van der Waals surface area (Å²) in [5, 5.41) is 9.11. The predicted octanol–water partition coefficient (Wildman–Crippen LogP) is 2.87. The Labute approximate surface area is 138 Å². The third kappa shape index (κ3) is 4.44. The van der Waals surface area contributed by atoms with E-state index in [0.717, 1.165) is 25.3 Å². The van der Waals surface area contributed by atoms with E-state index in [1.807, 2.05) is 6.07 Å². The average molecular weight is 317 g/mol. The Kier molecular flexibility index (Phi) is 5.49. The van der Waals surface area contributed by atoms with Gasteiger partial charge in [-0.25, -0.2) is 9.78 Å². The molecule has 2 fully saturated rings. The van der Waals surface area contributed by atoms with Gasteiger partial charge in [0, 0.05) is 19.6 Å². The number of hydrogen-bond acceptors (Lipinski definition) is 4. The van der Waals surface area contributed by atoms with E-state index in [4.69, 9.17) is 5.11 Å². The quantitative estimate of drug-likeness (QED) is 0.925. The summed E-state index contributed by atoms with van der Waals surface area (Å²) in [5.41, 5.74) is 0.136. The van der Waals surface area contributed by atoms with Crippen LogP contribution >= 0.6 is 0 Å². The first kappa shape index (κ1) is 16.2. The molecule has 2 aliphatic rings. The summed E-state index contributed by atoms with van der Waals surface area (Å²) in [5.74, 6) is 0.521. The number of aromatic carboxylic acids is 1. The second-order valence-corrected chi connectivity index (χ2v) is 6.86. The number of carboxylic acids is 1. The lowest BCUT2D eigenvalue weighted by Gasteiger charge is -2.36. The molecular weight excluding hydrogens is 290 g/mol. The Hall–Kier alpha value is -1.62. The molecule has 5 heteroatoms. The Morgan fingerprint density at radius 2 is 1.91 bits per heavy atom. The van der Waals surface area contributed by atoms with Gasteiger partial charge >= 0.3 is 5.97 Å². The summed E-state index contributed by atoms with van der Waals surface area (Å²) in [6, 6.07) is 5.29. The van der Waals surface area contributed by atoms with E-state index in [1.54, 1.807) is 12.1 Å². The maximum atomic E-state index is 11.1. The van der Waals surface area contributed by atoms with Gasteiger partial charge in [0.2, 0.25) is 0 Å². The van der Waals surface area contributed by atoms with Gasteiger partial charge in [0.25, 0.3) is 0 Å². The molecule has 0 spiro atoms. The molecule has 0 aliphatic carbocycles. The van der Waals surface area contributed by atoms with Gasteiger partial charge in [-0.2, -0.15) is 0 Å². The minimum atomic E-state index is -0.954. The van der Waals surface area contributed by atoms with Crippen molar-refractivity contribution >= 4 is 11.8 Å². The zero-order chi connectivity index (χ0) is 16.1. The molecule has 1 aromatic heterocycles. The second-order valence-electron chi connectivity index (χ2n) is 6.86. The third-order valence-electron chi connectivity index (χ3n) is 5.01. The molecule has 2 aliphatic heterocycles. The normalized spacial score (nSPS) is 23.5. The molecule has 3 heterocycles. The minimum absolute atomic E-state index is 0.136. The van der Waals surface area contributed by atoms with Gasteiger partial charge < -0.3 is 14.9 Å². The van der Waals surface area contributed by atoms with Crippen molar-refractivity contribution in [3.05, 3.63) is 23.9 Å². The zero-order valence-electron chi connectivity index (χ0n) is 13.8. The van der Waals surface area contributed by atoms with Crippen LogP contribution in [0.2, 0.25) is 0 Å². The van der Waals surface area contributed by atoms with Crippen LogP contribution in [0.5, 0.6) is 0 Å². The molecular formula is C18H27N3O2. The standard InChI is InChI=1S/C18H27N3O2/c22-18(23)16-8-5-9-17(19-16)21-12-6-7-15(14-21)13-20-10-3-1-2-4-11-20/h5,8-9,15H,1-4,6-7,10-14H2,(H,22,23). The highest BCUT2D eigenvalue weighted by Crippen LogP contribution is 2.23. The first-order valence-electron chi connectivity index (χ1n) is 8.90. The number of pyridine rings is 1. The van der Waals surface area contributed by atoms with Gasteiger partial charge in [-0.1, -0.05) is 18.9 Å². The maximum Gasteiger partial charge on any atom is 0.354 e. The van der Waals surface area contributed by atoms with Crippen LogP contribution in [0, 0.1) is 5.92 Å². The lowest BCUT2D eigenvalue weighted by Crippen LogP contribution is -2.41. The Morgan fingerprint density at radius 3 is 2.65 bits per heavy atom. The molecule has 1 unspecified atom stereocenters. The van der Waals surface area contributed by atoms with Crippen molar-refractivity contribution in [2.45, 2.75) is 38.5 Å². The second kappa shape index (κ2) is 7.77. The molecule has 3 rings (SSSR count). The van der Waals surface area contributed by atoms with Crippen LogP contribution in [0.15, 0.2) is 18.2 Å². The van der Waals surface area contributed by atoms with Crippen LogP contribution in [0.1, 0.15) is 49.0 Å². The fourth-order valence-corrected chi connectivity index (χ4v) is 3.82. The van der Waals surface area contributed by atoms with E-state index < -0.39 is 5.97 Å². The van der Waals surface area contributed by atoms with Crippen LogP contribution in [-0.2, 0) is 0 Å². The largest absolute Gasteiger partial charge is 0.477 e. The summed E-state index contributed by atoms with van der Waals surface area (Å²) in [6.07, 6.45) is 7.85. The smallest absolute Gasteiger partial charge is 0.354 e. The fraction of sp³-hybridized carbons (Fsp3) is 0.667. The summed E-state index contributed by atoms with van der Waals surface area (Å²) >= 11 is 0. The first-order valence-corrected chi connectivity index (χ1v) is 8.90. The van der Waals surface area contributed by atoms with Gasteiger partial charge in [0.15, 0.2) is 5.69 Å². The predicted molar refractivity (Wildman–Crippen MR) is 91.0 cm³/mol. The molecule has 23 heavy (non-hydrogen) atoms. The number of carboxylic acid groups (broad SMARTS) is 1. The fourth-order valence-electron chi connectivity index (χ4n) is 3.82. The lowest BCUT2D eigenvalue weighted by molar-refractivity contribution is 0.0690. The topological polar surface area (TPSA) is 56.7 Å². The number of nitrogens with zero attached hydrogens (tertiary/aromatic N) is 3. The number of piperidine rings is 1. The molecule has 1 N–H and O–H groups in total. The molecule has 1 aromatic rings. The van der Waals surface area contributed by atoms with E-state index in [9.17, 15) is 4.79 Å². The van der Waals surface area contributed by atoms with Crippen LogP contribution in [0.25, 0.3) is 0 Å². The van der Waals surface area contributed by atoms with Crippen LogP contribution in [-0.4, -0.2) is 53.7 Å². The lowest BCUT2D eigenvalue weighted by atomic mass is 9.97. The molecule has 2 saturated heterocycles. The van der Waals surface area contributed by atoms with E-state index in [1.165, 1.54) is 51.7 Å². The molecule has 126 valence electrons. The SMILES string of the molecule is O=C(O)c1cccc(N2CCCC(CN3CCCCCC3)C2)n1. The molecule has 0 aromatic carbocycles. The maximum absolute atomic E-state index is 11.1. The Balaban J connectivity index is 1.61. The van der Waals surface area contributed by atoms with Crippen molar-refractivity contribution < 1.29 is 9.90 Å². The van der Waals surface area contributed by atoms with Crippen LogP contribution < -0.4 is 4.90 Å². The number of likely N-dealkylation sites (tertiary alicyclic amines) is 1. The highest BCUT2D eigenvalue weighted by Gasteiger charge is 2.23. The van der Waals surface area contributed by atoms with Gasteiger partial charge in [-0.05, 0) is 56.8 Å². The molecule has 1 atom stereocenters. The monoisotopic (exact) mass is 317 g/mol. The van der Waals surface area contributed by atoms with Gasteiger partial charge in [0.1, 0.15) is 5.82 Å². The highest BCUT2D eigenvalue weighted by atomic mass is 16.4. The number of carbonyl (C=O) groups is 1. The van der Waals surface area contributed by atoms with Crippen molar-refractivity contribution in [2.24, 2.45) is 5.92 Å². The van der Waals surface area contributed by atoms with Crippen LogP contribution in [0.4, 0.5) is 5.82 Å². The molecule has 0 radical (unpaired) electrons. The first-order chi connectivity index (χ1) is 11.2. The van der Waals surface area contributed by atoms with E-state index in [0.29, 0.717) is 5.92 Å². The zero-order valence-corrected chi connectivity index (χ0v) is 13.8. The van der Waals surface area contributed by atoms with E-state index in [-0.39, 0.29) is 5.69 Å².